The fraction of sp³-hybridized carbons (Fsp3) is 0.182. The second-order valence-electron chi connectivity index (χ2n) is 2.18. The standard InChI is InChI=1S/C11H15N/c1-5-8-9-11(12-4)10(6-2)7-3/h5-9H,2,4H2,1,3H3/b8-5-,10-7-,11-9+. The molecule has 1 heteroatoms. The van der Waals surface area contributed by atoms with Gasteiger partial charge in [0.1, 0.15) is 0 Å². The van der Waals surface area contributed by atoms with Crippen molar-refractivity contribution in [2.75, 3.05) is 0 Å². The number of hydrogen-bond donors (Lipinski definition) is 0. The molecule has 0 rings (SSSR count). The highest BCUT2D eigenvalue weighted by Crippen LogP contribution is 2.11. The first kappa shape index (κ1) is 10.6. The molecule has 0 aliphatic carbocycles. The average molecular weight is 161 g/mol. The zero-order valence-electron chi connectivity index (χ0n) is 7.75. The third-order valence-electron chi connectivity index (χ3n) is 1.44. The molecule has 0 saturated carbocycles. The first-order chi connectivity index (χ1) is 5.79. The topological polar surface area (TPSA) is 12.4 Å². The van der Waals surface area contributed by atoms with E-state index in [-0.39, 0.29) is 0 Å². The number of aliphatic imine (C=N–C) groups is 1. The van der Waals surface area contributed by atoms with Gasteiger partial charge in [0.25, 0.3) is 0 Å². The van der Waals surface area contributed by atoms with E-state index in [0.717, 1.165) is 11.3 Å². The fourth-order valence-electron chi connectivity index (χ4n) is 0.798. The minimum atomic E-state index is 0.852. The van der Waals surface area contributed by atoms with Crippen LogP contribution in [0, 0.1) is 0 Å². The maximum absolute atomic E-state index is 3.89. The smallest absolute Gasteiger partial charge is 0.0691 e. The van der Waals surface area contributed by atoms with Crippen LogP contribution in [0.4, 0.5) is 0 Å². The van der Waals surface area contributed by atoms with Crippen LogP contribution >= 0.6 is 0 Å². The summed E-state index contributed by atoms with van der Waals surface area (Å²) in [6.07, 6.45) is 9.50. The Kier molecular flexibility index (Phi) is 5.62. The van der Waals surface area contributed by atoms with Gasteiger partial charge in [-0.1, -0.05) is 30.9 Å². The van der Waals surface area contributed by atoms with E-state index in [9.17, 15) is 0 Å². The van der Waals surface area contributed by atoms with Crippen LogP contribution in [0.25, 0.3) is 0 Å². The largest absolute Gasteiger partial charge is 0.264 e. The van der Waals surface area contributed by atoms with Gasteiger partial charge < -0.3 is 0 Å². The van der Waals surface area contributed by atoms with E-state index < -0.39 is 0 Å². The van der Waals surface area contributed by atoms with E-state index in [1.54, 1.807) is 6.08 Å². The predicted molar refractivity (Wildman–Crippen MR) is 56.4 cm³/mol. The Bertz CT molecular complexity index is 242. The van der Waals surface area contributed by atoms with Gasteiger partial charge in [0.15, 0.2) is 0 Å². The zero-order chi connectivity index (χ0) is 9.40. The second-order valence-corrected chi connectivity index (χ2v) is 2.18. The first-order valence-electron chi connectivity index (χ1n) is 3.89. The molecule has 0 bridgehead atoms. The van der Waals surface area contributed by atoms with Crippen LogP contribution in [-0.4, -0.2) is 6.72 Å². The van der Waals surface area contributed by atoms with E-state index >= 15 is 0 Å². The van der Waals surface area contributed by atoms with Crippen molar-refractivity contribution >= 4 is 6.72 Å². The van der Waals surface area contributed by atoms with Gasteiger partial charge in [-0.15, -0.1) is 0 Å². The quantitative estimate of drug-likeness (QED) is 0.443. The van der Waals surface area contributed by atoms with Crippen LogP contribution in [0.15, 0.2) is 53.2 Å². The lowest BCUT2D eigenvalue weighted by Gasteiger charge is -1.98. The Morgan fingerprint density at radius 1 is 1.33 bits per heavy atom. The molecule has 0 aliphatic rings. The number of allylic oxidation sites excluding steroid dienone is 5. The fourth-order valence-corrected chi connectivity index (χ4v) is 0.798. The van der Waals surface area contributed by atoms with E-state index in [0.29, 0.717) is 0 Å². The normalized spacial score (nSPS) is 13.5. The van der Waals surface area contributed by atoms with Crippen molar-refractivity contribution < 1.29 is 0 Å². The van der Waals surface area contributed by atoms with Crippen LogP contribution in [0.3, 0.4) is 0 Å². The van der Waals surface area contributed by atoms with Crippen LogP contribution in [0.2, 0.25) is 0 Å². The predicted octanol–water partition coefficient (Wildman–Crippen LogP) is 3.28. The highest BCUT2D eigenvalue weighted by molar-refractivity contribution is 5.44. The van der Waals surface area contributed by atoms with E-state index in [2.05, 4.69) is 18.3 Å². The van der Waals surface area contributed by atoms with Crippen molar-refractivity contribution in [1.29, 1.82) is 0 Å². The molecule has 0 atom stereocenters. The molecule has 12 heavy (non-hydrogen) atoms. The molecule has 0 N–H and O–H groups in total. The van der Waals surface area contributed by atoms with Crippen LogP contribution < -0.4 is 0 Å². The summed E-state index contributed by atoms with van der Waals surface area (Å²) in [5, 5.41) is 0. The summed E-state index contributed by atoms with van der Waals surface area (Å²) >= 11 is 0. The molecule has 0 fully saturated rings. The molecule has 0 aromatic rings. The van der Waals surface area contributed by atoms with Crippen molar-refractivity contribution in [3.63, 3.8) is 0 Å². The molecule has 0 unspecified atom stereocenters. The summed E-state index contributed by atoms with van der Waals surface area (Å²) in [7, 11) is 0. The summed E-state index contributed by atoms with van der Waals surface area (Å²) in [5.74, 6) is 0. The molecule has 1 nitrogen and oxygen atoms in total. The molecule has 0 aliphatic heterocycles. The average Bonchev–Trinajstić information content (AvgIpc) is 2.12. The van der Waals surface area contributed by atoms with Gasteiger partial charge in [-0.2, -0.15) is 0 Å². The molecule has 0 aromatic heterocycles. The zero-order valence-corrected chi connectivity index (χ0v) is 7.75. The molecule has 0 radical (unpaired) electrons. The van der Waals surface area contributed by atoms with Crippen molar-refractivity contribution in [3.8, 4) is 0 Å². The van der Waals surface area contributed by atoms with Crippen LogP contribution in [0.1, 0.15) is 13.8 Å². The Hall–Kier alpha value is -1.37. The number of hydrogen-bond acceptors (Lipinski definition) is 1. The van der Waals surface area contributed by atoms with Gasteiger partial charge in [0.05, 0.1) is 5.70 Å². The molecule has 0 amide bonds. The minimum absolute atomic E-state index is 0.852. The molecular formula is C11H15N. The van der Waals surface area contributed by atoms with Crippen molar-refractivity contribution in [2.45, 2.75) is 13.8 Å². The monoisotopic (exact) mass is 161 g/mol. The molecular weight excluding hydrogens is 146 g/mol. The van der Waals surface area contributed by atoms with Crippen molar-refractivity contribution in [2.24, 2.45) is 4.99 Å². The number of nitrogens with zero attached hydrogens (tertiary/aromatic N) is 1. The van der Waals surface area contributed by atoms with Gasteiger partial charge in [-0.05, 0) is 32.2 Å². The van der Waals surface area contributed by atoms with Gasteiger partial charge >= 0.3 is 0 Å². The summed E-state index contributed by atoms with van der Waals surface area (Å²) in [6.45, 7) is 11.1. The third-order valence-corrected chi connectivity index (χ3v) is 1.44. The Balaban J connectivity index is 4.76. The lowest BCUT2D eigenvalue weighted by atomic mass is 10.1. The molecule has 0 saturated heterocycles. The summed E-state index contributed by atoms with van der Waals surface area (Å²) in [5.41, 5.74) is 1.86. The highest BCUT2D eigenvalue weighted by atomic mass is 14.7. The SMILES string of the molecule is C=CC(=C/C)/C(=C\C=C/C)N=C. The first-order valence-corrected chi connectivity index (χ1v) is 3.89. The highest BCUT2D eigenvalue weighted by Gasteiger charge is 1.93. The van der Waals surface area contributed by atoms with Gasteiger partial charge in [-0.3, -0.25) is 4.99 Å². The van der Waals surface area contributed by atoms with Gasteiger partial charge in [-0.25, -0.2) is 0 Å². The van der Waals surface area contributed by atoms with Crippen molar-refractivity contribution in [3.05, 3.63) is 48.2 Å². The summed E-state index contributed by atoms with van der Waals surface area (Å²) in [6, 6.07) is 0. The maximum Gasteiger partial charge on any atom is 0.0691 e. The molecule has 64 valence electrons. The Labute approximate surface area is 74.5 Å². The summed E-state index contributed by atoms with van der Waals surface area (Å²) in [4.78, 5) is 3.89. The third kappa shape index (κ3) is 3.15. The van der Waals surface area contributed by atoms with Crippen LogP contribution in [0.5, 0.6) is 0 Å². The molecule has 0 heterocycles. The number of rotatable bonds is 4. The Morgan fingerprint density at radius 2 is 2.00 bits per heavy atom. The van der Waals surface area contributed by atoms with E-state index in [1.807, 2.05) is 38.2 Å². The van der Waals surface area contributed by atoms with Gasteiger partial charge in [0.2, 0.25) is 0 Å². The minimum Gasteiger partial charge on any atom is -0.264 e. The Morgan fingerprint density at radius 3 is 2.33 bits per heavy atom. The van der Waals surface area contributed by atoms with E-state index in [1.165, 1.54) is 0 Å². The molecule has 0 aromatic carbocycles. The second kappa shape index (κ2) is 6.35. The lowest BCUT2D eigenvalue weighted by molar-refractivity contribution is 1.35. The van der Waals surface area contributed by atoms with E-state index in [4.69, 9.17) is 0 Å². The molecule has 0 spiro atoms. The van der Waals surface area contributed by atoms with Gasteiger partial charge in [0, 0.05) is 0 Å². The summed E-state index contributed by atoms with van der Waals surface area (Å²) < 4.78 is 0. The van der Waals surface area contributed by atoms with Crippen molar-refractivity contribution in [1.82, 2.24) is 0 Å². The maximum atomic E-state index is 3.89. The lowest BCUT2D eigenvalue weighted by Crippen LogP contribution is -1.80. The van der Waals surface area contributed by atoms with Crippen LogP contribution in [-0.2, 0) is 0 Å².